The maximum absolute atomic E-state index is 13.1. The highest BCUT2D eigenvalue weighted by molar-refractivity contribution is 6.31. The van der Waals surface area contributed by atoms with Gasteiger partial charge in [-0.25, -0.2) is 9.78 Å². The SMILES string of the molecule is O=C(Cc1ccccc1)NC(CCc1ccccc1C(=O)O)c1cccc(/C=C/c2ccc3ccc(Cl)cc3n2)c1. The number of carbonyl (C=O) groups is 2. The van der Waals surface area contributed by atoms with Crippen LogP contribution in [0, 0.1) is 0 Å². The fourth-order valence-electron chi connectivity index (χ4n) is 4.86. The van der Waals surface area contributed by atoms with Crippen LogP contribution in [0.5, 0.6) is 0 Å². The van der Waals surface area contributed by atoms with Gasteiger partial charge in [-0.1, -0.05) is 96.5 Å². The van der Waals surface area contributed by atoms with Gasteiger partial charge in [0.1, 0.15) is 0 Å². The van der Waals surface area contributed by atoms with Gasteiger partial charge in [-0.15, -0.1) is 0 Å². The molecule has 204 valence electrons. The Kier molecular flexibility index (Phi) is 8.87. The van der Waals surface area contributed by atoms with Crippen molar-refractivity contribution in [2.45, 2.75) is 25.3 Å². The van der Waals surface area contributed by atoms with Crippen LogP contribution in [0.2, 0.25) is 5.02 Å². The van der Waals surface area contributed by atoms with Gasteiger partial charge in [0.05, 0.1) is 29.2 Å². The van der Waals surface area contributed by atoms with Crippen molar-refractivity contribution in [3.05, 3.63) is 148 Å². The Hall–Kier alpha value is -4.74. The highest BCUT2D eigenvalue weighted by atomic mass is 35.5. The molecule has 41 heavy (non-hydrogen) atoms. The third-order valence-electron chi connectivity index (χ3n) is 6.93. The molecule has 5 rings (SSSR count). The summed E-state index contributed by atoms with van der Waals surface area (Å²) in [5, 5.41) is 14.5. The molecule has 5 aromatic rings. The van der Waals surface area contributed by atoms with Crippen LogP contribution in [0.4, 0.5) is 0 Å². The second kappa shape index (κ2) is 13.1. The number of aryl methyl sites for hydroxylation is 1. The van der Waals surface area contributed by atoms with Crippen molar-refractivity contribution >= 4 is 46.5 Å². The molecule has 6 heteroatoms. The van der Waals surface area contributed by atoms with Gasteiger partial charge in [0.2, 0.25) is 5.91 Å². The molecular formula is C35H29ClN2O3. The standard InChI is InChI=1S/C35H29ClN2O3/c36-29-17-14-27-15-19-30(37-33(27)23-29)18-13-25-9-6-11-28(21-25)32(38-34(39)22-24-7-2-1-3-8-24)20-16-26-10-4-5-12-31(26)35(40)41/h1-15,17-19,21,23,32H,16,20,22H2,(H,38,39)(H,40,41)/b18-13+. The van der Waals surface area contributed by atoms with Crippen LogP contribution in [-0.2, 0) is 17.6 Å². The topological polar surface area (TPSA) is 79.3 Å². The highest BCUT2D eigenvalue weighted by Gasteiger charge is 2.17. The van der Waals surface area contributed by atoms with Gasteiger partial charge >= 0.3 is 5.97 Å². The minimum absolute atomic E-state index is 0.0901. The number of carboxylic acid groups (broad SMARTS) is 1. The minimum atomic E-state index is -0.957. The van der Waals surface area contributed by atoms with E-state index in [1.54, 1.807) is 12.1 Å². The molecule has 0 aliphatic carbocycles. The number of carboxylic acids is 1. The van der Waals surface area contributed by atoms with Gasteiger partial charge in [0, 0.05) is 10.4 Å². The minimum Gasteiger partial charge on any atom is -0.478 e. The predicted molar refractivity (Wildman–Crippen MR) is 165 cm³/mol. The number of nitrogens with zero attached hydrogens (tertiary/aromatic N) is 1. The monoisotopic (exact) mass is 560 g/mol. The molecule has 0 radical (unpaired) electrons. The number of halogens is 1. The van der Waals surface area contributed by atoms with Crippen molar-refractivity contribution in [2.24, 2.45) is 0 Å². The first-order valence-corrected chi connectivity index (χ1v) is 13.8. The summed E-state index contributed by atoms with van der Waals surface area (Å²) in [7, 11) is 0. The summed E-state index contributed by atoms with van der Waals surface area (Å²) in [6, 6.07) is 33.9. The molecule has 0 fully saturated rings. The van der Waals surface area contributed by atoms with Gasteiger partial charge in [-0.2, -0.15) is 0 Å². The maximum atomic E-state index is 13.1. The van der Waals surface area contributed by atoms with E-state index in [1.807, 2.05) is 109 Å². The Morgan fingerprint density at radius 2 is 1.63 bits per heavy atom. The maximum Gasteiger partial charge on any atom is 0.335 e. The normalized spacial score (nSPS) is 11.9. The lowest BCUT2D eigenvalue weighted by Gasteiger charge is -2.20. The molecule has 2 N–H and O–H groups in total. The summed E-state index contributed by atoms with van der Waals surface area (Å²) in [5.41, 5.74) is 5.49. The van der Waals surface area contributed by atoms with Crippen molar-refractivity contribution < 1.29 is 14.7 Å². The number of benzene rings is 4. The van der Waals surface area contributed by atoms with Crippen LogP contribution in [0.1, 0.15) is 50.8 Å². The van der Waals surface area contributed by atoms with E-state index in [9.17, 15) is 14.7 Å². The molecule has 1 aromatic heterocycles. The van der Waals surface area contributed by atoms with Crippen LogP contribution in [0.25, 0.3) is 23.1 Å². The molecule has 4 aromatic carbocycles. The van der Waals surface area contributed by atoms with E-state index in [2.05, 4.69) is 5.32 Å². The Morgan fingerprint density at radius 3 is 2.46 bits per heavy atom. The van der Waals surface area contributed by atoms with Crippen molar-refractivity contribution in [1.82, 2.24) is 10.3 Å². The average Bonchev–Trinajstić information content (AvgIpc) is 2.98. The number of rotatable bonds is 10. The van der Waals surface area contributed by atoms with E-state index in [0.29, 0.717) is 17.9 Å². The molecule has 5 nitrogen and oxygen atoms in total. The van der Waals surface area contributed by atoms with Crippen LogP contribution in [0.3, 0.4) is 0 Å². The van der Waals surface area contributed by atoms with E-state index in [1.165, 1.54) is 0 Å². The molecule has 1 heterocycles. The predicted octanol–water partition coefficient (Wildman–Crippen LogP) is 7.79. The van der Waals surface area contributed by atoms with Gasteiger partial charge < -0.3 is 10.4 Å². The van der Waals surface area contributed by atoms with E-state index < -0.39 is 5.97 Å². The molecular weight excluding hydrogens is 532 g/mol. The van der Waals surface area contributed by atoms with Crippen molar-refractivity contribution in [1.29, 1.82) is 0 Å². The Bertz CT molecular complexity index is 1720. The molecule has 0 bridgehead atoms. The second-order valence-electron chi connectivity index (χ2n) is 9.86. The second-order valence-corrected chi connectivity index (χ2v) is 10.3. The van der Waals surface area contributed by atoms with Crippen molar-refractivity contribution in [3.63, 3.8) is 0 Å². The highest BCUT2D eigenvalue weighted by Crippen LogP contribution is 2.24. The third kappa shape index (κ3) is 7.47. The first-order valence-electron chi connectivity index (χ1n) is 13.4. The summed E-state index contributed by atoms with van der Waals surface area (Å²) >= 11 is 6.14. The summed E-state index contributed by atoms with van der Waals surface area (Å²) in [4.78, 5) is 29.5. The number of aromatic carboxylic acids is 1. The van der Waals surface area contributed by atoms with Gasteiger partial charge in [-0.3, -0.25) is 4.79 Å². The summed E-state index contributed by atoms with van der Waals surface area (Å²) in [6.45, 7) is 0. The number of aromatic nitrogens is 1. The van der Waals surface area contributed by atoms with Crippen LogP contribution in [0.15, 0.2) is 109 Å². The smallest absolute Gasteiger partial charge is 0.335 e. The van der Waals surface area contributed by atoms with Crippen LogP contribution < -0.4 is 5.32 Å². The zero-order chi connectivity index (χ0) is 28.6. The number of amides is 1. The first-order chi connectivity index (χ1) is 19.9. The number of hydrogen-bond acceptors (Lipinski definition) is 3. The van der Waals surface area contributed by atoms with Gasteiger partial charge in [0.15, 0.2) is 0 Å². The molecule has 0 saturated heterocycles. The van der Waals surface area contributed by atoms with Crippen LogP contribution >= 0.6 is 11.6 Å². The Morgan fingerprint density at radius 1 is 0.854 bits per heavy atom. The van der Waals surface area contributed by atoms with E-state index >= 15 is 0 Å². The fraction of sp³-hybridized carbons (Fsp3) is 0.114. The molecule has 0 aliphatic rings. The molecule has 0 spiro atoms. The van der Waals surface area contributed by atoms with Crippen molar-refractivity contribution in [2.75, 3.05) is 0 Å². The number of nitrogens with one attached hydrogen (secondary N) is 1. The molecule has 0 aliphatic heterocycles. The number of fused-ring (bicyclic) bond motifs is 1. The zero-order valence-electron chi connectivity index (χ0n) is 22.3. The lowest BCUT2D eigenvalue weighted by molar-refractivity contribution is -0.121. The number of carbonyl (C=O) groups excluding carboxylic acids is 1. The average molecular weight is 561 g/mol. The zero-order valence-corrected chi connectivity index (χ0v) is 23.1. The number of hydrogen-bond donors (Lipinski definition) is 2. The Labute approximate surface area is 244 Å². The van der Waals surface area contributed by atoms with E-state index in [0.717, 1.165) is 38.9 Å². The third-order valence-corrected chi connectivity index (χ3v) is 7.16. The fourth-order valence-corrected chi connectivity index (χ4v) is 5.02. The quantitative estimate of drug-likeness (QED) is 0.183. The lowest BCUT2D eigenvalue weighted by atomic mass is 9.95. The molecule has 1 amide bonds. The van der Waals surface area contributed by atoms with Crippen LogP contribution in [-0.4, -0.2) is 22.0 Å². The van der Waals surface area contributed by atoms with Gasteiger partial charge in [-0.05, 0) is 71.5 Å². The summed E-state index contributed by atoms with van der Waals surface area (Å²) in [5.74, 6) is -1.05. The van der Waals surface area contributed by atoms with E-state index in [-0.39, 0.29) is 23.9 Å². The molecule has 0 saturated carbocycles. The first kappa shape index (κ1) is 27.8. The van der Waals surface area contributed by atoms with Crippen molar-refractivity contribution in [3.8, 4) is 0 Å². The largest absolute Gasteiger partial charge is 0.478 e. The summed E-state index contributed by atoms with van der Waals surface area (Å²) in [6.07, 6.45) is 5.25. The molecule has 1 unspecified atom stereocenters. The van der Waals surface area contributed by atoms with E-state index in [4.69, 9.17) is 16.6 Å². The number of pyridine rings is 1. The Balaban J connectivity index is 1.38. The van der Waals surface area contributed by atoms with Gasteiger partial charge in [0.25, 0.3) is 0 Å². The lowest BCUT2D eigenvalue weighted by Crippen LogP contribution is -2.30. The molecule has 1 atom stereocenters. The summed E-state index contributed by atoms with van der Waals surface area (Å²) < 4.78 is 0.